The molecule has 33 heavy (non-hydrogen) atoms. The number of carbonyl (C=O) groups excluding carboxylic acids is 3. The number of primary amides is 1. The van der Waals surface area contributed by atoms with Crippen LogP contribution < -0.4 is 15.5 Å². The second-order valence-electron chi connectivity index (χ2n) is 7.92. The molecule has 2 aliphatic heterocycles. The van der Waals surface area contributed by atoms with Crippen molar-refractivity contribution in [1.29, 1.82) is 0 Å². The maximum atomic E-state index is 14.5. The Morgan fingerprint density at radius 3 is 2.24 bits per heavy atom. The number of carbonyl (C=O) groups is 3. The van der Waals surface area contributed by atoms with Crippen molar-refractivity contribution in [1.82, 2.24) is 9.78 Å². The number of nitrogens with two attached hydrogens (primary N) is 1. The molecule has 0 aliphatic carbocycles. The van der Waals surface area contributed by atoms with Crippen LogP contribution in [-0.2, 0) is 11.2 Å². The average Bonchev–Trinajstić information content (AvgIpc) is 3.39. The minimum absolute atomic E-state index is 0.000597. The number of hydrogen-bond donors (Lipinski definition) is 1. The van der Waals surface area contributed by atoms with Crippen LogP contribution in [0.5, 0.6) is 0 Å². The van der Waals surface area contributed by atoms with Gasteiger partial charge >= 0.3 is 0 Å². The zero-order chi connectivity index (χ0) is 23.3. The molecular formula is C23H19F2N5O3. The van der Waals surface area contributed by atoms with Crippen molar-refractivity contribution in [2.24, 2.45) is 5.73 Å². The summed E-state index contributed by atoms with van der Waals surface area (Å²) in [7, 11) is 0. The first kappa shape index (κ1) is 20.8. The minimum atomic E-state index is -0.930. The van der Waals surface area contributed by atoms with Crippen molar-refractivity contribution in [3.8, 4) is 5.69 Å². The van der Waals surface area contributed by atoms with Crippen LogP contribution in [0.1, 0.15) is 39.4 Å². The van der Waals surface area contributed by atoms with Gasteiger partial charge in [-0.3, -0.25) is 14.4 Å². The van der Waals surface area contributed by atoms with Crippen molar-refractivity contribution in [2.45, 2.75) is 19.3 Å². The lowest BCUT2D eigenvalue weighted by Gasteiger charge is -2.28. The number of amides is 3. The molecule has 3 amide bonds. The van der Waals surface area contributed by atoms with E-state index in [1.165, 1.54) is 4.90 Å². The Bertz CT molecular complexity index is 1300. The molecular weight excluding hydrogens is 432 g/mol. The van der Waals surface area contributed by atoms with Crippen LogP contribution in [0.15, 0.2) is 42.5 Å². The van der Waals surface area contributed by atoms with Crippen molar-refractivity contribution < 1.29 is 23.2 Å². The van der Waals surface area contributed by atoms with Gasteiger partial charge in [0.2, 0.25) is 5.91 Å². The third-order valence-corrected chi connectivity index (χ3v) is 5.93. The van der Waals surface area contributed by atoms with Gasteiger partial charge in [0.05, 0.1) is 0 Å². The number of rotatable bonds is 4. The molecule has 3 aromatic rings. The maximum absolute atomic E-state index is 14.5. The lowest BCUT2D eigenvalue weighted by Crippen LogP contribution is -2.39. The summed E-state index contributed by atoms with van der Waals surface area (Å²) in [6, 6.07) is 9.88. The Balaban J connectivity index is 1.54. The Hall–Kier alpha value is -4.08. The molecule has 10 heteroatoms. The third kappa shape index (κ3) is 3.43. The van der Waals surface area contributed by atoms with Crippen LogP contribution in [0.2, 0.25) is 0 Å². The first-order valence-electron chi connectivity index (χ1n) is 10.4. The molecule has 2 N–H and O–H groups in total. The summed E-state index contributed by atoms with van der Waals surface area (Å²) in [5.74, 6) is -2.98. The van der Waals surface area contributed by atoms with E-state index in [0.29, 0.717) is 30.3 Å². The maximum Gasteiger partial charge on any atom is 0.277 e. The van der Waals surface area contributed by atoms with Gasteiger partial charge in [0.15, 0.2) is 11.5 Å². The fraction of sp³-hybridized carbons (Fsp3) is 0.217. The number of nitrogens with zero attached hydrogens (tertiary/aromatic N) is 4. The van der Waals surface area contributed by atoms with Crippen LogP contribution >= 0.6 is 0 Å². The van der Waals surface area contributed by atoms with Gasteiger partial charge in [0, 0.05) is 42.5 Å². The number of fused-ring (bicyclic) bond motifs is 1. The van der Waals surface area contributed by atoms with E-state index in [1.54, 1.807) is 29.2 Å². The van der Waals surface area contributed by atoms with E-state index in [4.69, 9.17) is 5.73 Å². The van der Waals surface area contributed by atoms with Crippen molar-refractivity contribution >= 4 is 29.1 Å². The summed E-state index contributed by atoms with van der Waals surface area (Å²) in [6.45, 7) is 0.911. The quantitative estimate of drug-likeness (QED) is 0.659. The second kappa shape index (κ2) is 7.80. The molecule has 5 rings (SSSR count). The number of anilines is 2. The van der Waals surface area contributed by atoms with E-state index in [-0.39, 0.29) is 35.9 Å². The molecule has 168 valence electrons. The van der Waals surface area contributed by atoms with Crippen molar-refractivity contribution in [3.05, 3.63) is 71.1 Å². The summed E-state index contributed by atoms with van der Waals surface area (Å²) in [4.78, 5) is 40.6. The number of aromatic nitrogens is 2. The zero-order valence-electron chi connectivity index (χ0n) is 17.4. The van der Waals surface area contributed by atoms with Gasteiger partial charge in [-0.1, -0.05) is 0 Å². The van der Waals surface area contributed by atoms with Gasteiger partial charge in [-0.2, -0.15) is 5.10 Å². The van der Waals surface area contributed by atoms with E-state index < -0.39 is 23.4 Å². The number of benzene rings is 2. The van der Waals surface area contributed by atoms with E-state index in [2.05, 4.69) is 5.10 Å². The smallest absolute Gasteiger partial charge is 0.277 e. The van der Waals surface area contributed by atoms with Crippen LogP contribution in [0.4, 0.5) is 20.2 Å². The van der Waals surface area contributed by atoms with E-state index in [1.807, 2.05) is 0 Å². The molecule has 0 bridgehead atoms. The molecule has 0 radical (unpaired) electrons. The lowest BCUT2D eigenvalue weighted by atomic mass is 10.0. The molecule has 3 heterocycles. The van der Waals surface area contributed by atoms with Gasteiger partial charge in [-0.05, 0) is 49.2 Å². The Morgan fingerprint density at radius 1 is 0.939 bits per heavy atom. The van der Waals surface area contributed by atoms with E-state index in [0.717, 1.165) is 28.9 Å². The zero-order valence-corrected chi connectivity index (χ0v) is 17.4. The predicted molar refractivity (Wildman–Crippen MR) is 115 cm³/mol. The normalized spacial score (nSPS) is 15.8. The first-order valence-corrected chi connectivity index (χ1v) is 10.4. The molecule has 1 aromatic heterocycles. The molecule has 1 saturated heterocycles. The summed E-state index contributed by atoms with van der Waals surface area (Å²) in [5.41, 5.74) is 6.81. The van der Waals surface area contributed by atoms with Crippen LogP contribution in [0.3, 0.4) is 0 Å². The van der Waals surface area contributed by atoms with Crippen LogP contribution in [0, 0.1) is 11.6 Å². The monoisotopic (exact) mass is 451 g/mol. The van der Waals surface area contributed by atoms with Crippen molar-refractivity contribution in [3.63, 3.8) is 0 Å². The summed E-state index contributed by atoms with van der Waals surface area (Å²) in [5, 5.41) is 4.09. The highest BCUT2D eigenvalue weighted by Crippen LogP contribution is 2.31. The summed E-state index contributed by atoms with van der Waals surface area (Å²) in [6.07, 6.45) is 1.59. The standard InChI is InChI=1S/C23H19F2N5O3/c24-13-3-8-18(17(25)12-13)30-21-16(20(27-30)22(26)32)9-11-29(23(21)33)15-6-4-14(5-7-15)28-10-1-2-19(28)31/h3-8,12H,1-2,9-11H2,(H2,26,32). The van der Waals surface area contributed by atoms with Crippen LogP contribution in [-0.4, -0.2) is 40.6 Å². The molecule has 0 spiro atoms. The molecule has 1 fully saturated rings. The highest BCUT2D eigenvalue weighted by molar-refractivity contribution is 6.09. The summed E-state index contributed by atoms with van der Waals surface area (Å²) < 4.78 is 28.9. The highest BCUT2D eigenvalue weighted by atomic mass is 19.1. The number of hydrogen-bond acceptors (Lipinski definition) is 4. The Labute approximate surface area is 187 Å². The third-order valence-electron chi connectivity index (χ3n) is 5.93. The predicted octanol–water partition coefficient (Wildman–Crippen LogP) is 2.58. The fourth-order valence-electron chi connectivity index (χ4n) is 4.37. The molecule has 2 aliphatic rings. The fourth-order valence-corrected chi connectivity index (χ4v) is 4.37. The first-order chi connectivity index (χ1) is 15.8. The minimum Gasteiger partial charge on any atom is -0.364 e. The van der Waals surface area contributed by atoms with Gasteiger partial charge < -0.3 is 15.5 Å². The largest absolute Gasteiger partial charge is 0.364 e. The topological polar surface area (TPSA) is 102 Å². The second-order valence-corrected chi connectivity index (χ2v) is 7.92. The van der Waals surface area contributed by atoms with Gasteiger partial charge in [-0.25, -0.2) is 13.5 Å². The SMILES string of the molecule is NC(=O)c1nn(-c2ccc(F)cc2F)c2c1CCN(c1ccc(N3CCCC3=O)cc1)C2=O. The van der Waals surface area contributed by atoms with Gasteiger partial charge in [-0.15, -0.1) is 0 Å². The lowest BCUT2D eigenvalue weighted by molar-refractivity contribution is -0.117. The van der Waals surface area contributed by atoms with Crippen LogP contribution in [0.25, 0.3) is 5.69 Å². The van der Waals surface area contributed by atoms with Crippen molar-refractivity contribution in [2.75, 3.05) is 22.9 Å². The highest BCUT2D eigenvalue weighted by Gasteiger charge is 2.35. The Morgan fingerprint density at radius 2 is 1.64 bits per heavy atom. The van der Waals surface area contributed by atoms with Gasteiger partial charge in [0.1, 0.15) is 17.2 Å². The van der Waals surface area contributed by atoms with E-state index >= 15 is 0 Å². The molecule has 8 nitrogen and oxygen atoms in total. The van der Waals surface area contributed by atoms with Gasteiger partial charge in [0.25, 0.3) is 11.8 Å². The molecule has 0 unspecified atom stereocenters. The molecule has 0 saturated carbocycles. The molecule has 0 atom stereocenters. The summed E-state index contributed by atoms with van der Waals surface area (Å²) >= 11 is 0. The number of halogens is 2. The molecule has 2 aromatic carbocycles. The van der Waals surface area contributed by atoms with E-state index in [9.17, 15) is 23.2 Å². The average molecular weight is 451 g/mol. The Kier molecular flexibility index (Phi) is 4.92.